The van der Waals surface area contributed by atoms with Crippen LogP contribution in [0.5, 0.6) is 0 Å². The van der Waals surface area contributed by atoms with E-state index in [4.69, 9.17) is 10.2 Å². The number of carboxylic acid groups (broad SMARTS) is 1. The lowest BCUT2D eigenvalue weighted by molar-refractivity contribution is -0.147. The van der Waals surface area contributed by atoms with E-state index >= 15 is 0 Å². The van der Waals surface area contributed by atoms with Gasteiger partial charge in [-0.3, -0.25) is 9.59 Å². The number of rotatable bonds is 4. The van der Waals surface area contributed by atoms with Gasteiger partial charge in [-0.1, -0.05) is 12.2 Å². The number of carbonyl (C=O) groups excluding carboxylic acids is 1. The molecular formula is C11H15NO4. The predicted molar refractivity (Wildman–Crippen MR) is 55.4 cm³/mol. The van der Waals surface area contributed by atoms with E-state index in [0.29, 0.717) is 0 Å². The van der Waals surface area contributed by atoms with Crippen LogP contribution in [0, 0.1) is 23.7 Å². The number of nitrogens with one attached hydrogen (secondary N) is 1. The summed E-state index contributed by atoms with van der Waals surface area (Å²) in [5.41, 5.74) is 0. The van der Waals surface area contributed by atoms with E-state index < -0.39 is 17.8 Å². The molecule has 1 saturated carbocycles. The molecule has 5 nitrogen and oxygen atoms in total. The van der Waals surface area contributed by atoms with Gasteiger partial charge in [0.2, 0.25) is 5.91 Å². The zero-order valence-electron chi connectivity index (χ0n) is 8.80. The molecule has 0 heterocycles. The minimum Gasteiger partial charge on any atom is -0.481 e. The van der Waals surface area contributed by atoms with Gasteiger partial charge >= 0.3 is 5.97 Å². The summed E-state index contributed by atoms with van der Waals surface area (Å²) in [5.74, 6) is -2.19. The Balaban J connectivity index is 2.10. The first-order valence-corrected chi connectivity index (χ1v) is 5.45. The van der Waals surface area contributed by atoms with Crippen molar-refractivity contribution in [1.29, 1.82) is 0 Å². The molecule has 3 N–H and O–H groups in total. The Labute approximate surface area is 93.1 Å². The number of hydrogen-bond donors (Lipinski definition) is 3. The van der Waals surface area contributed by atoms with E-state index in [1.165, 1.54) is 0 Å². The van der Waals surface area contributed by atoms with Crippen molar-refractivity contribution in [2.75, 3.05) is 13.2 Å². The lowest BCUT2D eigenvalue weighted by Gasteiger charge is -2.23. The Kier molecular flexibility index (Phi) is 2.96. The molecule has 0 aromatic carbocycles. The van der Waals surface area contributed by atoms with Gasteiger partial charge in [-0.2, -0.15) is 0 Å². The molecule has 0 saturated heterocycles. The number of aliphatic hydroxyl groups is 1. The van der Waals surface area contributed by atoms with Crippen LogP contribution in [0.2, 0.25) is 0 Å². The standard InChI is InChI=1S/C11H15NO4/c13-4-3-12-10(14)8-6-1-2-7(5-6)9(8)11(15)16/h1-2,6-9,13H,3-5H2,(H,12,14)(H,15,16)/t6-,7-,8+,9+/m1/s1. The van der Waals surface area contributed by atoms with Gasteiger partial charge in [0.05, 0.1) is 18.4 Å². The maximum atomic E-state index is 11.8. The van der Waals surface area contributed by atoms with E-state index in [2.05, 4.69) is 5.32 Å². The third kappa shape index (κ3) is 1.71. The van der Waals surface area contributed by atoms with Gasteiger partial charge in [-0.25, -0.2) is 0 Å². The fourth-order valence-electron chi connectivity index (χ4n) is 2.81. The van der Waals surface area contributed by atoms with Crippen LogP contribution in [-0.4, -0.2) is 35.2 Å². The van der Waals surface area contributed by atoms with Crippen molar-refractivity contribution in [3.8, 4) is 0 Å². The maximum absolute atomic E-state index is 11.8. The van der Waals surface area contributed by atoms with Crippen molar-refractivity contribution >= 4 is 11.9 Å². The van der Waals surface area contributed by atoms with Crippen LogP contribution in [0.1, 0.15) is 6.42 Å². The van der Waals surface area contributed by atoms with Gasteiger partial charge in [0, 0.05) is 6.54 Å². The first-order chi connectivity index (χ1) is 7.65. The summed E-state index contributed by atoms with van der Waals surface area (Å²) in [6, 6.07) is 0. The quantitative estimate of drug-likeness (QED) is 0.569. The maximum Gasteiger partial charge on any atom is 0.307 e. The van der Waals surface area contributed by atoms with Gasteiger partial charge in [0.15, 0.2) is 0 Å². The fourth-order valence-corrected chi connectivity index (χ4v) is 2.81. The molecule has 0 aromatic heterocycles. The highest BCUT2D eigenvalue weighted by Crippen LogP contribution is 2.48. The van der Waals surface area contributed by atoms with Gasteiger partial charge in [0.1, 0.15) is 0 Å². The summed E-state index contributed by atoms with van der Waals surface area (Å²) >= 11 is 0. The second-order valence-electron chi connectivity index (χ2n) is 4.35. The zero-order chi connectivity index (χ0) is 11.7. The molecule has 0 spiro atoms. The van der Waals surface area contributed by atoms with E-state index in [1.54, 1.807) is 0 Å². The van der Waals surface area contributed by atoms with Crippen LogP contribution >= 0.6 is 0 Å². The molecule has 2 rings (SSSR count). The zero-order valence-corrected chi connectivity index (χ0v) is 8.80. The Morgan fingerprint density at radius 2 is 1.88 bits per heavy atom. The summed E-state index contributed by atoms with van der Waals surface area (Å²) in [6.45, 7) is 0.0584. The van der Waals surface area contributed by atoms with Crippen LogP contribution in [0.25, 0.3) is 0 Å². The lowest BCUT2D eigenvalue weighted by atomic mass is 9.82. The van der Waals surface area contributed by atoms with E-state index in [1.807, 2.05) is 12.2 Å². The summed E-state index contributed by atoms with van der Waals surface area (Å²) in [4.78, 5) is 22.9. The Bertz CT molecular complexity index is 339. The molecule has 88 valence electrons. The molecule has 5 heteroatoms. The highest BCUT2D eigenvalue weighted by atomic mass is 16.4. The van der Waals surface area contributed by atoms with E-state index in [-0.39, 0.29) is 30.9 Å². The Hall–Kier alpha value is -1.36. The molecule has 16 heavy (non-hydrogen) atoms. The molecule has 0 radical (unpaired) electrons. The number of aliphatic hydroxyl groups excluding tert-OH is 1. The van der Waals surface area contributed by atoms with Gasteiger partial charge < -0.3 is 15.5 Å². The number of hydrogen-bond acceptors (Lipinski definition) is 3. The highest BCUT2D eigenvalue weighted by Gasteiger charge is 2.51. The average molecular weight is 225 g/mol. The molecule has 2 bridgehead atoms. The van der Waals surface area contributed by atoms with E-state index in [0.717, 1.165) is 6.42 Å². The van der Waals surface area contributed by atoms with Crippen LogP contribution in [0.15, 0.2) is 12.2 Å². The third-order valence-electron chi connectivity index (χ3n) is 3.46. The molecule has 0 aromatic rings. The second kappa shape index (κ2) is 4.25. The molecule has 0 unspecified atom stereocenters. The Morgan fingerprint density at radius 3 is 2.44 bits per heavy atom. The van der Waals surface area contributed by atoms with Gasteiger partial charge in [0.25, 0.3) is 0 Å². The van der Waals surface area contributed by atoms with Crippen molar-refractivity contribution in [1.82, 2.24) is 5.32 Å². The largest absolute Gasteiger partial charge is 0.481 e. The van der Waals surface area contributed by atoms with Gasteiger partial charge in [-0.15, -0.1) is 0 Å². The van der Waals surface area contributed by atoms with Crippen molar-refractivity contribution in [3.05, 3.63) is 12.2 Å². The molecule has 1 fully saturated rings. The fraction of sp³-hybridized carbons (Fsp3) is 0.636. The number of allylic oxidation sites excluding steroid dienone is 2. The topological polar surface area (TPSA) is 86.6 Å². The average Bonchev–Trinajstić information content (AvgIpc) is 2.84. The van der Waals surface area contributed by atoms with Crippen LogP contribution in [0.4, 0.5) is 0 Å². The molecule has 0 aliphatic heterocycles. The minimum atomic E-state index is -0.902. The summed E-state index contributed by atoms with van der Waals surface area (Å²) in [6.07, 6.45) is 4.60. The number of carboxylic acids is 1. The third-order valence-corrected chi connectivity index (χ3v) is 3.46. The molecule has 2 aliphatic rings. The van der Waals surface area contributed by atoms with Gasteiger partial charge in [-0.05, 0) is 18.3 Å². The van der Waals surface area contributed by atoms with Crippen molar-refractivity contribution in [2.24, 2.45) is 23.7 Å². The van der Waals surface area contributed by atoms with Crippen molar-refractivity contribution < 1.29 is 19.8 Å². The Morgan fingerprint density at radius 1 is 1.25 bits per heavy atom. The number of carbonyl (C=O) groups is 2. The first kappa shape index (κ1) is 11.1. The van der Waals surface area contributed by atoms with E-state index in [9.17, 15) is 9.59 Å². The van der Waals surface area contributed by atoms with Crippen molar-refractivity contribution in [2.45, 2.75) is 6.42 Å². The van der Waals surface area contributed by atoms with Crippen LogP contribution < -0.4 is 5.32 Å². The minimum absolute atomic E-state index is 0.00706. The smallest absolute Gasteiger partial charge is 0.307 e. The molecule has 1 amide bonds. The molecule has 4 atom stereocenters. The summed E-state index contributed by atoms with van der Waals surface area (Å²) in [7, 11) is 0. The van der Waals surface area contributed by atoms with Crippen LogP contribution in [0.3, 0.4) is 0 Å². The number of fused-ring (bicyclic) bond motifs is 2. The molecule has 2 aliphatic carbocycles. The second-order valence-corrected chi connectivity index (χ2v) is 4.35. The van der Waals surface area contributed by atoms with Crippen LogP contribution in [-0.2, 0) is 9.59 Å². The summed E-state index contributed by atoms with van der Waals surface area (Å²) in [5, 5.41) is 20.3. The monoisotopic (exact) mass is 225 g/mol. The number of aliphatic carboxylic acids is 1. The SMILES string of the molecule is O=C(O)[C@@H]1[C@@H](C(=O)NCCO)[C@@H]2C=C[C@@H]1C2. The number of amides is 1. The first-order valence-electron chi connectivity index (χ1n) is 5.45. The van der Waals surface area contributed by atoms with Crippen molar-refractivity contribution in [3.63, 3.8) is 0 Å². The molecular weight excluding hydrogens is 210 g/mol. The summed E-state index contributed by atoms with van der Waals surface area (Å²) < 4.78 is 0. The predicted octanol–water partition coefficient (Wildman–Crippen LogP) is -0.382. The highest BCUT2D eigenvalue weighted by molar-refractivity contribution is 5.86. The lowest BCUT2D eigenvalue weighted by Crippen LogP contribution is -2.41. The normalized spacial score (nSPS) is 35.3.